The number of hydrogen-bond acceptors (Lipinski definition) is 6. The molecule has 6 heteroatoms. The second-order valence-electron chi connectivity index (χ2n) is 5.61. The predicted molar refractivity (Wildman–Crippen MR) is 80.4 cm³/mol. The minimum Gasteiger partial charge on any atom is -0.461 e. The van der Waals surface area contributed by atoms with Crippen molar-refractivity contribution in [3.63, 3.8) is 0 Å². The van der Waals surface area contributed by atoms with Gasteiger partial charge in [0, 0.05) is 13.1 Å². The molecule has 1 aromatic heterocycles. The lowest BCUT2D eigenvalue weighted by Crippen LogP contribution is -2.35. The van der Waals surface area contributed by atoms with Crippen LogP contribution in [-0.2, 0) is 4.74 Å². The maximum absolute atomic E-state index is 11.5. The second kappa shape index (κ2) is 8.02. The Bertz CT molecular complexity index is 441. The van der Waals surface area contributed by atoms with Crippen molar-refractivity contribution < 1.29 is 13.9 Å². The summed E-state index contributed by atoms with van der Waals surface area (Å²) in [7, 11) is 0. The number of rotatable bonds is 7. The number of carbonyl (C=O) groups is 1. The minimum absolute atomic E-state index is 0.211. The fourth-order valence-electron chi connectivity index (χ4n) is 2.56. The van der Waals surface area contributed by atoms with E-state index in [2.05, 4.69) is 22.1 Å². The molecule has 1 atom stereocenters. The second-order valence-corrected chi connectivity index (χ2v) is 5.61. The fourth-order valence-corrected chi connectivity index (χ4v) is 2.56. The number of anilines is 1. The Kier molecular flexibility index (Phi) is 6.04. The van der Waals surface area contributed by atoms with Gasteiger partial charge in [-0.1, -0.05) is 13.3 Å². The number of hydrogen-bond donors (Lipinski definition) is 1. The van der Waals surface area contributed by atoms with Gasteiger partial charge in [0.15, 0.2) is 5.69 Å². The molecule has 0 bridgehead atoms. The minimum atomic E-state index is -0.448. The molecule has 0 radical (unpaired) electrons. The van der Waals surface area contributed by atoms with Crippen molar-refractivity contribution in [1.29, 1.82) is 0 Å². The third-order valence-corrected chi connectivity index (χ3v) is 3.61. The number of oxazole rings is 1. The van der Waals surface area contributed by atoms with Gasteiger partial charge in [0.05, 0.1) is 6.61 Å². The van der Waals surface area contributed by atoms with Crippen LogP contribution in [0.4, 0.5) is 6.01 Å². The van der Waals surface area contributed by atoms with Gasteiger partial charge in [-0.2, -0.15) is 4.98 Å². The van der Waals surface area contributed by atoms with Gasteiger partial charge in [0.25, 0.3) is 6.01 Å². The molecule has 2 heterocycles. The number of likely N-dealkylation sites (tertiary alicyclic amines) is 1. The van der Waals surface area contributed by atoms with Gasteiger partial charge in [0.2, 0.25) is 0 Å². The van der Waals surface area contributed by atoms with Crippen LogP contribution in [-0.4, -0.2) is 48.6 Å². The van der Waals surface area contributed by atoms with E-state index < -0.39 is 5.97 Å². The first kappa shape index (κ1) is 15.8. The lowest BCUT2D eigenvalue weighted by molar-refractivity contribution is 0.0519. The lowest BCUT2D eigenvalue weighted by Gasteiger charge is -2.29. The van der Waals surface area contributed by atoms with E-state index in [1.54, 1.807) is 6.92 Å². The standard InChI is InChI=1S/C15H25N3O3/c1-3-20-14(19)13-11-21-15(17-13)16-9-12(2)10-18-7-5-4-6-8-18/h11-12H,3-10H2,1-2H3,(H,16,17). The highest BCUT2D eigenvalue weighted by Gasteiger charge is 2.15. The molecule has 118 valence electrons. The molecule has 1 aromatic rings. The van der Waals surface area contributed by atoms with E-state index in [1.807, 2.05) is 0 Å². The number of piperidine rings is 1. The third-order valence-electron chi connectivity index (χ3n) is 3.61. The van der Waals surface area contributed by atoms with Crippen molar-refractivity contribution in [2.45, 2.75) is 33.1 Å². The molecular formula is C15H25N3O3. The summed E-state index contributed by atoms with van der Waals surface area (Å²) in [5, 5.41) is 3.14. The summed E-state index contributed by atoms with van der Waals surface area (Å²) in [6, 6.07) is 0.378. The smallest absolute Gasteiger partial charge is 0.360 e. The molecule has 2 rings (SSSR count). The molecule has 21 heavy (non-hydrogen) atoms. The van der Waals surface area contributed by atoms with Crippen LogP contribution in [0.25, 0.3) is 0 Å². The van der Waals surface area contributed by atoms with Crippen LogP contribution in [0.1, 0.15) is 43.6 Å². The first-order valence-corrected chi connectivity index (χ1v) is 7.78. The monoisotopic (exact) mass is 295 g/mol. The molecule has 1 unspecified atom stereocenters. The van der Waals surface area contributed by atoms with E-state index >= 15 is 0 Å². The normalized spacial score (nSPS) is 17.4. The zero-order chi connectivity index (χ0) is 15.1. The Hall–Kier alpha value is -1.56. The average Bonchev–Trinajstić information content (AvgIpc) is 2.95. The Labute approximate surface area is 125 Å². The van der Waals surface area contributed by atoms with E-state index in [4.69, 9.17) is 9.15 Å². The van der Waals surface area contributed by atoms with Crippen molar-refractivity contribution in [2.24, 2.45) is 5.92 Å². The topological polar surface area (TPSA) is 67.6 Å². The molecule has 0 amide bonds. The molecule has 1 aliphatic heterocycles. The number of esters is 1. The maximum Gasteiger partial charge on any atom is 0.360 e. The fraction of sp³-hybridized carbons (Fsp3) is 0.733. The highest BCUT2D eigenvalue weighted by atomic mass is 16.5. The summed E-state index contributed by atoms with van der Waals surface area (Å²) in [4.78, 5) is 18.1. The first-order chi connectivity index (χ1) is 10.2. The SMILES string of the molecule is CCOC(=O)c1coc(NCC(C)CN2CCCCC2)n1. The number of carbonyl (C=O) groups excluding carboxylic acids is 1. The van der Waals surface area contributed by atoms with E-state index in [-0.39, 0.29) is 5.69 Å². The molecular weight excluding hydrogens is 270 g/mol. The molecule has 6 nitrogen and oxygen atoms in total. The summed E-state index contributed by atoms with van der Waals surface area (Å²) in [6.07, 6.45) is 5.30. The summed E-state index contributed by atoms with van der Waals surface area (Å²) in [6.45, 7) is 8.57. The van der Waals surface area contributed by atoms with Crippen LogP contribution in [0.2, 0.25) is 0 Å². The van der Waals surface area contributed by atoms with Gasteiger partial charge >= 0.3 is 5.97 Å². The molecule has 0 spiro atoms. The van der Waals surface area contributed by atoms with Gasteiger partial charge in [-0.15, -0.1) is 0 Å². The number of nitrogens with one attached hydrogen (secondary N) is 1. The molecule has 0 aromatic carbocycles. The summed E-state index contributed by atoms with van der Waals surface area (Å²) < 4.78 is 10.1. The third kappa shape index (κ3) is 5.04. The van der Waals surface area contributed by atoms with Crippen molar-refractivity contribution in [1.82, 2.24) is 9.88 Å². The Morgan fingerprint density at radius 2 is 2.24 bits per heavy atom. The zero-order valence-corrected chi connectivity index (χ0v) is 12.9. The van der Waals surface area contributed by atoms with Crippen molar-refractivity contribution in [3.05, 3.63) is 12.0 Å². The summed E-state index contributed by atoms with van der Waals surface area (Å²) in [5.41, 5.74) is 0.211. The van der Waals surface area contributed by atoms with Gasteiger partial charge in [-0.05, 0) is 38.8 Å². The average molecular weight is 295 g/mol. The van der Waals surface area contributed by atoms with Gasteiger partial charge in [-0.3, -0.25) is 0 Å². The molecule has 0 aliphatic carbocycles. The van der Waals surface area contributed by atoms with Gasteiger partial charge < -0.3 is 19.4 Å². The summed E-state index contributed by atoms with van der Waals surface area (Å²) >= 11 is 0. The van der Waals surface area contributed by atoms with Crippen molar-refractivity contribution >= 4 is 12.0 Å². The molecule has 1 N–H and O–H groups in total. The Morgan fingerprint density at radius 1 is 1.48 bits per heavy atom. The summed E-state index contributed by atoms with van der Waals surface area (Å²) in [5.74, 6) is 0.0525. The van der Waals surface area contributed by atoms with Gasteiger partial charge in [-0.25, -0.2) is 4.79 Å². The Morgan fingerprint density at radius 3 is 2.95 bits per heavy atom. The van der Waals surface area contributed by atoms with Crippen LogP contribution >= 0.6 is 0 Å². The van der Waals surface area contributed by atoms with Crippen LogP contribution in [0.15, 0.2) is 10.7 Å². The largest absolute Gasteiger partial charge is 0.461 e. The molecule has 1 aliphatic rings. The molecule has 1 fully saturated rings. The quantitative estimate of drug-likeness (QED) is 0.779. The van der Waals surface area contributed by atoms with E-state index in [9.17, 15) is 4.79 Å². The predicted octanol–water partition coefficient (Wildman–Crippen LogP) is 2.39. The number of nitrogens with zero attached hydrogens (tertiary/aromatic N) is 2. The maximum atomic E-state index is 11.5. The van der Waals surface area contributed by atoms with E-state index in [0.29, 0.717) is 18.5 Å². The highest BCUT2D eigenvalue weighted by Crippen LogP contribution is 2.13. The van der Waals surface area contributed by atoms with Crippen molar-refractivity contribution in [3.8, 4) is 0 Å². The zero-order valence-electron chi connectivity index (χ0n) is 12.9. The molecule has 1 saturated heterocycles. The van der Waals surface area contributed by atoms with E-state index in [0.717, 1.165) is 13.1 Å². The van der Waals surface area contributed by atoms with Crippen molar-refractivity contribution in [2.75, 3.05) is 38.1 Å². The lowest BCUT2D eigenvalue weighted by atomic mass is 10.1. The van der Waals surface area contributed by atoms with Crippen LogP contribution in [0, 0.1) is 5.92 Å². The highest BCUT2D eigenvalue weighted by molar-refractivity contribution is 5.87. The van der Waals surface area contributed by atoms with E-state index in [1.165, 1.54) is 38.6 Å². The first-order valence-electron chi connectivity index (χ1n) is 7.78. The van der Waals surface area contributed by atoms with Crippen LogP contribution < -0.4 is 5.32 Å². The Balaban J connectivity index is 1.73. The van der Waals surface area contributed by atoms with Gasteiger partial charge in [0.1, 0.15) is 6.26 Å². The van der Waals surface area contributed by atoms with Crippen LogP contribution in [0.3, 0.4) is 0 Å². The number of ether oxygens (including phenoxy) is 1. The van der Waals surface area contributed by atoms with Crippen LogP contribution in [0.5, 0.6) is 0 Å². The number of aromatic nitrogens is 1. The molecule has 0 saturated carbocycles.